The van der Waals surface area contributed by atoms with E-state index in [0.717, 1.165) is 11.4 Å². The molecule has 2 N–H and O–H groups in total. The number of aromatic nitrogens is 2. The lowest BCUT2D eigenvalue weighted by atomic mass is 10.1. The zero-order valence-corrected chi connectivity index (χ0v) is 16.3. The number of para-hydroxylation sites is 1. The van der Waals surface area contributed by atoms with Gasteiger partial charge in [0.05, 0.1) is 30.4 Å². The number of hydrogen-bond donors (Lipinski definition) is 2. The van der Waals surface area contributed by atoms with Crippen molar-refractivity contribution >= 4 is 15.9 Å². The molecule has 8 nitrogen and oxygen atoms in total. The number of sulfonamides is 1. The molecule has 1 aromatic carbocycles. The van der Waals surface area contributed by atoms with Crippen molar-refractivity contribution in [3.63, 3.8) is 0 Å². The van der Waals surface area contributed by atoms with Crippen LogP contribution in [0.3, 0.4) is 0 Å². The minimum Gasteiger partial charge on any atom is -0.489 e. The fraction of sp³-hybridized carbons (Fsp3) is 0.444. The number of aromatic amines is 1. The van der Waals surface area contributed by atoms with Crippen LogP contribution in [0.5, 0.6) is 5.75 Å². The molecule has 1 saturated heterocycles. The summed E-state index contributed by atoms with van der Waals surface area (Å²) in [7, 11) is -3.17. The van der Waals surface area contributed by atoms with Gasteiger partial charge in [0.1, 0.15) is 11.9 Å². The molecule has 1 aliphatic heterocycles. The monoisotopic (exact) mass is 392 g/mol. The average Bonchev–Trinajstić information content (AvgIpc) is 3.05. The van der Waals surface area contributed by atoms with Gasteiger partial charge in [0.15, 0.2) is 0 Å². The Balaban J connectivity index is 1.62. The maximum atomic E-state index is 12.6. The smallest absolute Gasteiger partial charge is 0.255 e. The number of amides is 1. The van der Waals surface area contributed by atoms with Crippen molar-refractivity contribution in [2.75, 3.05) is 19.3 Å². The van der Waals surface area contributed by atoms with Gasteiger partial charge < -0.3 is 15.0 Å². The summed E-state index contributed by atoms with van der Waals surface area (Å²) in [5.74, 6) is 0.271. The second kappa shape index (κ2) is 8.10. The zero-order valence-electron chi connectivity index (χ0n) is 15.4. The van der Waals surface area contributed by atoms with E-state index < -0.39 is 10.0 Å². The molecule has 1 aliphatic rings. The molecule has 0 spiro atoms. The molecule has 1 fully saturated rings. The second-order valence-electron chi connectivity index (χ2n) is 6.63. The van der Waals surface area contributed by atoms with E-state index in [4.69, 9.17) is 4.74 Å². The molecule has 1 amide bonds. The topological polar surface area (TPSA) is 104 Å². The summed E-state index contributed by atoms with van der Waals surface area (Å²) >= 11 is 0. The molecule has 0 aliphatic carbocycles. The van der Waals surface area contributed by atoms with Crippen LogP contribution >= 0.6 is 0 Å². The third kappa shape index (κ3) is 4.86. The second-order valence-corrected chi connectivity index (χ2v) is 8.61. The van der Waals surface area contributed by atoms with Gasteiger partial charge in [-0.25, -0.2) is 17.7 Å². The van der Waals surface area contributed by atoms with Crippen LogP contribution in [0.1, 0.15) is 34.6 Å². The van der Waals surface area contributed by atoms with E-state index in [2.05, 4.69) is 15.3 Å². The molecule has 0 saturated carbocycles. The van der Waals surface area contributed by atoms with E-state index in [9.17, 15) is 13.2 Å². The minimum absolute atomic E-state index is 0.120. The molecule has 27 heavy (non-hydrogen) atoms. The van der Waals surface area contributed by atoms with Gasteiger partial charge in [0.2, 0.25) is 10.0 Å². The van der Waals surface area contributed by atoms with E-state index in [0.29, 0.717) is 43.8 Å². The number of carbonyl (C=O) groups excluding carboxylic acids is 1. The molecule has 3 rings (SSSR count). The van der Waals surface area contributed by atoms with Crippen molar-refractivity contribution in [3.05, 3.63) is 47.5 Å². The van der Waals surface area contributed by atoms with Crippen LogP contribution in [0.2, 0.25) is 0 Å². The minimum atomic E-state index is -3.17. The highest BCUT2D eigenvalue weighted by Gasteiger charge is 2.26. The van der Waals surface area contributed by atoms with E-state index in [1.807, 2.05) is 13.0 Å². The van der Waals surface area contributed by atoms with E-state index in [1.54, 1.807) is 24.5 Å². The third-order valence-electron chi connectivity index (χ3n) is 4.65. The van der Waals surface area contributed by atoms with Crippen LogP contribution in [-0.4, -0.2) is 54.0 Å². The Bertz CT molecular complexity index is 902. The number of aryl methyl sites for hydroxylation is 1. The van der Waals surface area contributed by atoms with Gasteiger partial charge in [-0.1, -0.05) is 12.1 Å². The number of nitrogens with zero attached hydrogens (tertiary/aromatic N) is 2. The Labute approximate surface area is 159 Å². The van der Waals surface area contributed by atoms with Crippen molar-refractivity contribution < 1.29 is 17.9 Å². The van der Waals surface area contributed by atoms with Gasteiger partial charge >= 0.3 is 0 Å². The Morgan fingerprint density at radius 2 is 2.04 bits per heavy atom. The van der Waals surface area contributed by atoms with Gasteiger partial charge in [0, 0.05) is 18.8 Å². The van der Waals surface area contributed by atoms with Crippen LogP contribution in [0, 0.1) is 6.92 Å². The number of rotatable bonds is 6. The number of nitrogens with one attached hydrogen (secondary N) is 2. The molecule has 0 radical (unpaired) electrons. The summed E-state index contributed by atoms with van der Waals surface area (Å²) in [6.45, 7) is 3.08. The lowest BCUT2D eigenvalue weighted by Crippen LogP contribution is -2.41. The van der Waals surface area contributed by atoms with Crippen LogP contribution in [0.15, 0.2) is 30.6 Å². The van der Waals surface area contributed by atoms with Crippen LogP contribution in [-0.2, 0) is 16.6 Å². The van der Waals surface area contributed by atoms with E-state index >= 15 is 0 Å². The lowest BCUT2D eigenvalue weighted by Gasteiger charge is -2.30. The fourth-order valence-electron chi connectivity index (χ4n) is 3.04. The molecule has 0 unspecified atom stereocenters. The first-order valence-corrected chi connectivity index (χ1v) is 10.7. The molecule has 0 bridgehead atoms. The molecular weight excluding hydrogens is 368 g/mol. The quantitative estimate of drug-likeness (QED) is 0.774. The summed E-state index contributed by atoms with van der Waals surface area (Å²) in [6.07, 6.45) is 3.88. The maximum absolute atomic E-state index is 12.6. The van der Waals surface area contributed by atoms with Crippen LogP contribution in [0.4, 0.5) is 0 Å². The molecule has 146 valence electrons. The van der Waals surface area contributed by atoms with Gasteiger partial charge in [-0.3, -0.25) is 4.79 Å². The van der Waals surface area contributed by atoms with Crippen LogP contribution < -0.4 is 10.1 Å². The largest absolute Gasteiger partial charge is 0.489 e. The molecule has 9 heteroatoms. The predicted octanol–water partition coefficient (Wildman–Crippen LogP) is 1.45. The van der Waals surface area contributed by atoms with Crippen molar-refractivity contribution in [2.24, 2.45) is 0 Å². The Morgan fingerprint density at radius 1 is 1.33 bits per heavy atom. The Morgan fingerprint density at radius 3 is 2.67 bits per heavy atom. The first kappa shape index (κ1) is 19.4. The first-order chi connectivity index (χ1) is 12.8. The SMILES string of the molecule is Cc1[nH]cnc1CNC(=O)c1ccccc1OC1CCN(S(C)(=O)=O)CC1. The first-order valence-electron chi connectivity index (χ1n) is 8.82. The van der Waals surface area contributed by atoms with Gasteiger partial charge in [0.25, 0.3) is 5.91 Å². The summed E-state index contributed by atoms with van der Waals surface area (Å²) in [5.41, 5.74) is 2.16. The fourth-order valence-corrected chi connectivity index (χ4v) is 3.92. The van der Waals surface area contributed by atoms with Gasteiger partial charge in [-0.2, -0.15) is 0 Å². The average molecular weight is 392 g/mol. The summed E-state index contributed by atoms with van der Waals surface area (Å²) in [5, 5.41) is 2.86. The standard InChI is InChI=1S/C18H24N4O4S/c1-13-16(21-12-20-13)11-19-18(23)15-5-3-4-6-17(15)26-14-7-9-22(10-8-14)27(2,24)25/h3-6,12,14H,7-11H2,1-2H3,(H,19,23)(H,20,21). The van der Waals surface area contributed by atoms with E-state index in [-0.39, 0.29) is 12.0 Å². The zero-order chi connectivity index (χ0) is 19.4. The number of imidazole rings is 1. The molecule has 2 heterocycles. The Hall–Kier alpha value is -2.39. The van der Waals surface area contributed by atoms with Crippen molar-refractivity contribution in [1.29, 1.82) is 0 Å². The highest BCUT2D eigenvalue weighted by Crippen LogP contribution is 2.24. The lowest BCUT2D eigenvalue weighted by molar-refractivity contribution is 0.0935. The maximum Gasteiger partial charge on any atom is 0.255 e. The van der Waals surface area contributed by atoms with Crippen LogP contribution in [0.25, 0.3) is 0 Å². The third-order valence-corrected chi connectivity index (χ3v) is 5.95. The highest BCUT2D eigenvalue weighted by atomic mass is 32.2. The molecular formula is C18H24N4O4S. The number of carbonyl (C=O) groups is 1. The number of hydrogen-bond acceptors (Lipinski definition) is 5. The summed E-state index contributed by atoms with van der Waals surface area (Å²) in [4.78, 5) is 19.7. The molecule has 2 aromatic rings. The number of H-pyrrole nitrogens is 1. The normalized spacial score (nSPS) is 16.2. The molecule has 1 aromatic heterocycles. The predicted molar refractivity (Wildman–Crippen MR) is 101 cm³/mol. The Kier molecular flexibility index (Phi) is 5.81. The molecule has 0 atom stereocenters. The number of ether oxygens (including phenoxy) is 1. The van der Waals surface area contributed by atoms with Gasteiger partial charge in [-0.15, -0.1) is 0 Å². The number of piperidine rings is 1. The van der Waals surface area contributed by atoms with Gasteiger partial charge in [-0.05, 0) is 31.9 Å². The van der Waals surface area contributed by atoms with Crippen molar-refractivity contribution in [3.8, 4) is 5.75 Å². The highest BCUT2D eigenvalue weighted by molar-refractivity contribution is 7.88. The summed E-state index contributed by atoms with van der Waals surface area (Å²) < 4.78 is 30.7. The van der Waals surface area contributed by atoms with E-state index in [1.165, 1.54) is 10.6 Å². The van der Waals surface area contributed by atoms with Crippen molar-refractivity contribution in [2.45, 2.75) is 32.4 Å². The number of benzene rings is 1. The van der Waals surface area contributed by atoms with Crippen molar-refractivity contribution in [1.82, 2.24) is 19.6 Å². The summed E-state index contributed by atoms with van der Waals surface area (Å²) in [6, 6.07) is 7.08.